The molecule has 1 radical (unpaired) electrons. The Labute approximate surface area is 100 Å². The average molecular weight is 219 g/mol. The molecule has 0 saturated heterocycles. The fourth-order valence-corrected chi connectivity index (χ4v) is 1.84. The summed E-state index contributed by atoms with van der Waals surface area (Å²) in [6.45, 7) is 0. The average Bonchev–Trinajstić information content (AvgIpc) is 2.94. The van der Waals surface area contributed by atoms with Crippen molar-refractivity contribution in [2.75, 3.05) is 0 Å². The molecule has 1 aromatic heterocycles. The molecule has 0 atom stereocenters. The van der Waals surface area contributed by atoms with Crippen LogP contribution in [0.25, 0.3) is 16.8 Å². The molecule has 3 aromatic rings. The Morgan fingerprint density at radius 3 is 2.47 bits per heavy atom. The van der Waals surface area contributed by atoms with Crippen LogP contribution in [0.1, 0.15) is 0 Å². The molecule has 17 heavy (non-hydrogen) atoms. The molecule has 0 spiro atoms. The molecule has 2 heteroatoms. The molecule has 81 valence electrons. The van der Waals surface area contributed by atoms with Crippen molar-refractivity contribution in [3.8, 4) is 16.8 Å². The molecule has 0 aliphatic heterocycles. The van der Waals surface area contributed by atoms with Gasteiger partial charge in [-0.15, -0.1) is 0 Å². The molecule has 0 unspecified atom stereocenters. The first-order valence-electron chi connectivity index (χ1n) is 5.50. The van der Waals surface area contributed by atoms with Gasteiger partial charge >= 0.3 is 0 Å². The molecule has 0 bridgehead atoms. The second kappa shape index (κ2) is 4.26. The quantitative estimate of drug-likeness (QED) is 0.646. The zero-order valence-corrected chi connectivity index (χ0v) is 9.25. The van der Waals surface area contributed by atoms with Gasteiger partial charge in [-0.3, -0.25) is 4.57 Å². The number of imidazole rings is 1. The van der Waals surface area contributed by atoms with Crippen LogP contribution in [0, 0.1) is 6.33 Å². The highest BCUT2D eigenvalue weighted by Gasteiger charge is 2.00. The van der Waals surface area contributed by atoms with Crippen molar-refractivity contribution in [1.82, 2.24) is 9.55 Å². The normalized spacial score (nSPS) is 10.4. The first-order valence-corrected chi connectivity index (χ1v) is 5.50. The monoisotopic (exact) mass is 219 g/mol. The molecule has 1 heterocycles. The maximum Gasteiger partial charge on any atom is 0.181 e. The van der Waals surface area contributed by atoms with Crippen LogP contribution in [-0.4, -0.2) is 9.55 Å². The Kier molecular flexibility index (Phi) is 2.47. The highest BCUT2D eigenvalue weighted by molar-refractivity contribution is 5.65. The van der Waals surface area contributed by atoms with Crippen molar-refractivity contribution in [3.63, 3.8) is 0 Å². The van der Waals surface area contributed by atoms with E-state index in [1.54, 1.807) is 6.20 Å². The molecule has 2 nitrogen and oxygen atoms in total. The van der Waals surface area contributed by atoms with E-state index < -0.39 is 0 Å². The van der Waals surface area contributed by atoms with Crippen molar-refractivity contribution >= 4 is 0 Å². The van der Waals surface area contributed by atoms with E-state index in [-0.39, 0.29) is 0 Å². The van der Waals surface area contributed by atoms with E-state index in [9.17, 15) is 0 Å². The molecule has 2 aromatic carbocycles. The Bertz CT molecular complexity index is 598. The minimum Gasteiger partial charge on any atom is -0.297 e. The number of rotatable bonds is 2. The van der Waals surface area contributed by atoms with Crippen LogP contribution in [0.3, 0.4) is 0 Å². The Morgan fingerprint density at radius 2 is 1.71 bits per heavy atom. The maximum absolute atomic E-state index is 3.94. The number of nitrogens with zero attached hydrogens (tertiary/aromatic N) is 2. The SMILES string of the molecule is [c]1nccn1-c1cccc(-c2ccccc2)c1. The van der Waals surface area contributed by atoms with Crippen molar-refractivity contribution in [1.29, 1.82) is 0 Å². The van der Waals surface area contributed by atoms with Gasteiger partial charge in [-0.2, -0.15) is 0 Å². The minimum atomic E-state index is 1.07. The molecule has 0 saturated carbocycles. The molecule has 0 aliphatic rings. The van der Waals surface area contributed by atoms with E-state index in [1.165, 1.54) is 11.1 Å². The highest BCUT2D eigenvalue weighted by atomic mass is 15.0. The van der Waals surface area contributed by atoms with Crippen molar-refractivity contribution < 1.29 is 0 Å². The van der Waals surface area contributed by atoms with E-state index >= 15 is 0 Å². The van der Waals surface area contributed by atoms with Gasteiger partial charge in [0.05, 0.1) is 0 Å². The first-order chi connectivity index (χ1) is 8.43. The summed E-state index contributed by atoms with van der Waals surface area (Å²) < 4.78 is 1.88. The molecular formula is C15H11N2. The summed E-state index contributed by atoms with van der Waals surface area (Å²) in [6.07, 6.45) is 6.52. The second-order valence-corrected chi connectivity index (χ2v) is 3.81. The van der Waals surface area contributed by atoms with Gasteiger partial charge in [-0.05, 0) is 23.3 Å². The molecule has 0 N–H and O–H groups in total. The Hall–Kier alpha value is -2.35. The van der Waals surface area contributed by atoms with Crippen LogP contribution in [-0.2, 0) is 0 Å². The minimum absolute atomic E-state index is 1.07. The summed E-state index contributed by atoms with van der Waals surface area (Å²) >= 11 is 0. The van der Waals surface area contributed by atoms with E-state index in [4.69, 9.17) is 0 Å². The van der Waals surface area contributed by atoms with Crippen LogP contribution in [0.15, 0.2) is 67.0 Å². The summed E-state index contributed by atoms with van der Waals surface area (Å²) in [7, 11) is 0. The van der Waals surface area contributed by atoms with E-state index in [0.29, 0.717) is 0 Å². The van der Waals surface area contributed by atoms with Crippen molar-refractivity contribution in [2.45, 2.75) is 0 Å². The lowest BCUT2D eigenvalue weighted by Crippen LogP contribution is -1.90. The van der Waals surface area contributed by atoms with Gasteiger partial charge in [-0.25, -0.2) is 4.98 Å². The fourth-order valence-electron chi connectivity index (χ4n) is 1.84. The molecule has 3 rings (SSSR count). The molecule has 0 amide bonds. The zero-order valence-electron chi connectivity index (χ0n) is 9.25. The van der Waals surface area contributed by atoms with Gasteiger partial charge in [0.2, 0.25) is 0 Å². The summed E-state index contributed by atoms with van der Waals surface area (Å²) in [6, 6.07) is 18.7. The van der Waals surface area contributed by atoms with Crippen molar-refractivity contribution in [2.24, 2.45) is 0 Å². The summed E-state index contributed by atoms with van der Waals surface area (Å²) in [5.74, 6) is 0. The molecular weight excluding hydrogens is 208 g/mol. The number of aromatic nitrogens is 2. The third-order valence-electron chi connectivity index (χ3n) is 2.69. The predicted molar refractivity (Wildman–Crippen MR) is 67.8 cm³/mol. The number of hydrogen-bond acceptors (Lipinski definition) is 1. The third-order valence-corrected chi connectivity index (χ3v) is 2.69. The Balaban J connectivity index is 2.06. The third kappa shape index (κ3) is 1.97. The summed E-state index contributed by atoms with van der Waals surface area (Å²) in [5.41, 5.74) is 3.49. The lowest BCUT2D eigenvalue weighted by Gasteiger charge is -2.05. The number of hydrogen-bond donors (Lipinski definition) is 0. The van der Waals surface area contributed by atoms with Crippen molar-refractivity contribution in [3.05, 3.63) is 73.3 Å². The zero-order chi connectivity index (χ0) is 11.5. The largest absolute Gasteiger partial charge is 0.297 e. The Morgan fingerprint density at radius 1 is 0.882 bits per heavy atom. The van der Waals surface area contributed by atoms with Gasteiger partial charge in [0.25, 0.3) is 0 Å². The predicted octanol–water partition coefficient (Wildman–Crippen LogP) is 3.34. The standard InChI is InChI=1S/C15H11N2/c1-2-5-13(6-3-1)14-7-4-8-15(11-14)17-10-9-16-12-17/h1-11H. The van der Waals surface area contributed by atoms with Crippen LogP contribution >= 0.6 is 0 Å². The maximum atomic E-state index is 3.94. The van der Waals surface area contributed by atoms with Gasteiger partial charge in [-0.1, -0.05) is 42.5 Å². The van der Waals surface area contributed by atoms with Crippen LogP contribution < -0.4 is 0 Å². The topological polar surface area (TPSA) is 17.8 Å². The van der Waals surface area contributed by atoms with Crippen LogP contribution in [0.5, 0.6) is 0 Å². The molecule has 0 aliphatic carbocycles. The van der Waals surface area contributed by atoms with E-state index in [0.717, 1.165) is 5.69 Å². The van der Waals surface area contributed by atoms with Gasteiger partial charge in [0.15, 0.2) is 6.33 Å². The second-order valence-electron chi connectivity index (χ2n) is 3.81. The molecule has 0 fully saturated rings. The van der Waals surface area contributed by atoms with E-state index in [1.807, 2.05) is 41.1 Å². The van der Waals surface area contributed by atoms with Crippen LogP contribution in [0.2, 0.25) is 0 Å². The summed E-state index contributed by atoms with van der Waals surface area (Å²) in [4.78, 5) is 3.94. The first kappa shape index (κ1) is 9.85. The smallest absolute Gasteiger partial charge is 0.181 e. The number of benzene rings is 2. The van der Waals surface area contributed by atoms with E-state index in [2.05, 4.69) is 35.6 Å². The lowest BCUT2D eigenvalue weighted by molar-refractivity contribution is 1.04. The van der Waals surface area contributed by atoms with Gasteiger partial charge in [0.1, 0.15) is 0 Å². The summed E-state index contributed by atoms with van der Waals surface area (Å²) in [5, 5.41) is 0. The van der Waals surface area contributed by atoms with Gasteiger partial charge in [0, 0.05) is 18.1 Å². The lowest BCUT2D eigenvalue weighted by atomic mass is 10.1. The van der Waals surface area contributed by atoms with Crippen LogP contribution in [0.4, 0.5) is 0 Å². The fraction of sp³-hybridized carbons (Fsp3) is 0. The highest BCUT2D eigenvalue weighted by Crippen LogP contribution is 2.21. The van der Waals surface area contributed by atoms with Gasteiger partial charge < -0.3 is 0 Å².